The third-order valence-corrected chi connectivity index (χ3v) is 5.15. The largest absolute Gasteiger partial charge is 0.361 e. The highest BCUT2D eigenvalue weighted by atomic mass is 16.2. The monoisotopic (exact) mass is 381 g/mol. The molecule has 0 saturated heterocycles. The minimum Gasteiger partial charge on any atom is -0.361 e. The summed E-state index contributed by atoms with van der Waals surface area (Å²) in [6.45, 7) is 0. The van der Waals surface area contributed by atoms with E-state index in [2.05, 4.69) is 10.3 Å². The molecular weight excluding hydrogens is 362 g/mol. The molecule has 2 aromatic carbocycles. The summed E-state index contributed by atoms with van der Waals surface area (Å²) in [6, 6.07) is 21.4. The van der Waals surface area contributed by atoms with E-state index >= 15 is 0 Å². The van der Waals surface area contributed by atoms with E-state index in [-0.39, 0.29) is 12.1 Å². The Labute approximate surface area is 168 Å². The number of fused-ring (bicyclic) bond motifs is 1. The van der Waals surface area contributed by atoms with Crippen molar-refractivity contribution < 1.29 is 4.79 Å². The van der Waals surface area contributed by atoms with Gasteiger partial charge >= 0.3 is 0 Å². The maximum absolute atomic E-state index is 13.0. The van der Waals surface area contributed by atoms with E-state index in [1.807, 2.05) is 84.7 Å². The average molecular weight is 381 g/mol. The molecule has 1 amide bonds. The molecule has 1 unspecified atom stereocenters. The summed E-state index contributed by atoms with van der Waals surface area (Å²) in [4.78, 5) is 18.9. The number of nitrogens with zero attached hydrogens (tertiary/aromatic N) is 4. The fraction of sp³-hybridized carbons (Fsp3) is 0.0870. The number of carbonyl (C=O) groups is 1. The lowest BCUT2D eigenvalue weighted by molar-refractivity contribution is 0.0736. The molecule has 142 valence electrons. The van der Waals surface area contributed by atoms with Crippen LogP contribution in [0.2, 0.25) is 0 Å². The lowest BCUT2D eigenvalue weighted by atomic mass is 10.0. The van der Waals surface area contributed by atoms with Crippen molar-refractivity contribution >= 4 is 11.6 Å². The maximum Gasteiger partial charge on any atom is 0.257 e. The van der Waals surface area contributed by atoms with Crippen LogP contribution < -0.4 is 5.32 Å². The Balaban J connectivity index is 1.66. The number of hydrogen-bond donors (Lipinski definition) is 1. The molecule has 1 aliphatic heterocycles. The molecule has 0 radical (unpaired) electrons. The van der Waals surface area contributed by atoms with Gasteiger partial charge in [0.25, 0.3) is 5.91 Å². The number of aromatic nitrogens is 3. The molecule has 6 heteroatoms. The second kappa shape index (κ2) is 6.91. The normalized spacial score (nSPS) is 15.7. The third-order valence-electron chi connectivity index (χ3n) is 5.15. The van der Waals surface area contributed by atoms with E-state index in [0.29, 0.717) is 5.56 Å². The number of hydrogen-bond acceptors (Lipinski definition) is 4. The SMILES string of the molecule is CN1C(=O)c2ccccc2NC1c1cn(-c2ccccc2)nc1-c1cccnc1. The number of pyridine rings is 1. The Hall–Kier alpha value is -3.93. The van der Waals surface area contributed by atoms with Crippen molar-refractivity contribution in [2.75, 3.05) is 12.4 Å². The molecule has 0 saturated carbocycles. The third kappa shape index (κ3) is 2.95. The first-order valence-corrected chi connectivity index (χ1v) is 9.40. The summed E-state index contributed by atoms with van der Waals surface area (Å²) < 4.78 is 1.85. The van der Waals surface area contributed by atoms with E-state index in [9.17, 15) is 4.79 Å². The predicted molar refractivity (Wildman–Crippen MR) is 112 cm³/mol. The summed E-state index contributed by atoms with van der Waals surface area (Å²) in [5.41, 5.74) is 5.05. The van der Waals surface area contributed by atoms with Crippen LogP contribution in [0.4, 0.5) is 5.69 Å². The summed E-state index contributed by atoms with van der Waals surface area (Å²) in [5.74, 6) is -0.0195. The predicted octanol–water partition coefficient (Wildman–Crippen LogP) is 4.13. The molecule has 6 nitrogen and oxygen atoms in total. The van der Waals surface area contributed by atoms with Gasteiger partial charge in [-0.1, -0.05) is 30.3 Å². The van der Waals surface area contributed by atoms with Crippen LogP contribution in [0, 0.1) is 0 Å². The van der Waals surface area contributed by atoms with Crippen molar-refractivity contribution in [3.63, 3.8) is 0 Å². The molecule has 2 aromatic heterocycles. The molecule has 1 N–H and O–H groups in total. The van der Waals surface area contributed by atoms with Crippen LogP contribution in [-0.2, 0) is 0 Å². The van der Waals surface area contributed by atoms with Crippen molar-refractivity contribution in [3.8, 4) is 16.9 Å². The Morgan fingerprint density at radius 3 is 2.55 bits per heavy atom. The smallest absolute Gasteiger partial charge is 0.257 e. The molecule has 29 heavy (non-hydrogen) atoms. The Morgan fingerprint density at radius 2 is 1.76 bits per heavy atom. The van der Waals surface area contributed by atoms with Crippen LogP contribution in [0.3, 0.4) is 0 Å². The number of amides is 1. The molecule has 0 bridgehead atoms. The number of para-hydroxylation sites is 2. The highest BCUT2D eigenvalue weighted by Crippen LogP contribution is 2.36. The molecule has 4 aromatic rings. The zero-order valence-corrected chi connectivity index (χ0v) is 15.9. The van der Waals surface area contributed by atoms with Gasteiger partial charge in [0.15, 0.2) is 0 Å². The number of carbonyl (C=O) groups excluding carboxylic acids is 1. The van der Waals surface area contributed by atoms with Gasteiger partial charge in [0, 0.05) is 42.5 Å². The first-order valence-electron chi connectivity index (χ1n) is 9.40. The molecule has 1 aliphatic rings. The minimum atomic E-state index is -0.343. The Morgan fingerprint density at radius 1 is 0.966 bits per heavy atom. The standard InChI is InChI=1S/C23H19N5O/c1-27-22(25-20-12-6-5-11-18(20)23(27)29)19-15-28(17-9-3-2-4-10-17)26-21(19)16-8-7-13-24-14-16/h2-15,22,25H,1H3. The summed E-state index contributed by atoms with van der Waals surface area (Å²) in [7, 11) is 1.81. The van der Waals surface area contributed by atoms with Crippen molar-refractivity contribution in [1.82, 2.24) is 19.7 Å². The fourth-order valence-corrected chi connectivity index (χ4v) is 3.66. The quantitative estimate of drug-likeness (QED) is 0.580. The number of nitrogens with one attached hydrogen (secondary N) is 1. The lowest BCUT2D eigenvalue weighted by Crippen LogP contribution is -2.40. The van der Waals surface area contributed by atoms with Crippen LogP contribution in [0.15, 0.2) is 85.3 Å². The summed E-state index contributed by atoms with van der Waals surface area (Å²) in [6.07, 6.45) is 5.17. The molecule has 0 fully saturated rings. The van der Waals surface area contributed by atoms with Crippen molar-refractivity contribution in [2.24, 2.45) is 0 Å². The van der Waals surface area contributed by atoms with Gasteiger partial charge in [-0.3, -0.25) is 9.78 Å². The van der Waals surface area contributed by atoms with Gasteiger partial charge in [-0.15, -0.1) is 0 Å². The number of anilines is 1. The summed E-state index contributed by atoms with van der Waals surface area (Å²) >= 11 is 0. The molecular formula is C23H19N5O. The van der Waals surface area contributed by atoms with Gasteiger partial charge in [0.1, 0.15) is 11.9 Å². The van der Waals surface area contributed by atoms with Gasteiger partial charge in [0.2, 0.25) is 0 Å². The van der Waals surface area contributed by atoms with Crippen molar-refractivity contribution in [2.45, 2.75) is 6.17 Å². The molecule has 1 atom stereocenters. The van der Waals surface area contributed by atoms with Crippen LogP contribution in [0.25, 0.3) is 16.9 Å². The topological polar surface area (TPSA) is 63.1 Å². The van der Waals surface area contributed by atoms with E-state index < -0.39 is 0 Å². The molecule has 0 spiro atoms. The minimum absolute atomic E-state index is 0.0195. The van der Waals surface area contributed by atoms with E-state index in [1.165, 1.54) is 0 Å². The fourth-order valence-electron chi connectivity index (χ4n) is 3.66. The van der Waals surface area contributed by atoms with E-state index in [1.54, 1.807) is 17.3 Å². The number of benzene rings is 2. The van der Waals surface area contributed by atoms with Gasteiger partial charge in [0.05, 0.1) is 11.3 Å². The summed E-state index contributed by atoms with van der Waals surface area (Å²) in [5, 5.41) is 8.34. The second-order valence-electron chi connectivity index (χ2n) is 6.96. The van der Waals surface area contributed by atoms with Crippen LogP contribution in [0.1, 0.15) is 22.1 Å². The second-order valence-corrected chi connectivity index (χ2v) is 6.96. The zero-order valence-electron chi connectivity index (χ0n) is 15.9. The van der Waals surface area contributed by atoms with Gasteiger partial charge in [-0.25, -0.2) is 4.68 Å². The molecule has 5 rings (SSSR count). The first kappa shape index (κ1) is 17.2. The highest BCUT2D eigenvalue weighted by molar-refractivity contribution is 6.01. The van der Waals surface area contributed by atoms with Gasteiger partial charge < -0.3 is 10.2 Å². The van der Waals surface area contributed by atoms with Gasteiger partial charge in [-0.2, -0.15) is 5.10 Å². The molecule has 3 heterocycles. The Kier molecular flexibility index (Phi) is 4.09. The molecule has 0 aliphatic carbocycles. The van der Waals surface area contributed by atoms with Gasteiger partial charge in [-0.05, 0) is 36.4 Å². The lowest BCUT2D eigenvalue weighted by Gasteiger charge is -2.35. The highest BCUT2D eigenvalue weighted by Gasteiger charge is 2.33. The van der Waals surface area contributed by atoms with E-state index in [0.717, 1.165) is 28.2 Å². The maximum atomic E-state index is 13.0. The zero-order chi connectivity index (χ0) is 19.8. The average Bonchev–Trinajstić information content (AvgIpc) is 3.23. The first-order chi connectivity index (χ1) is 14.2. The Bertz CT molecular complexity index is 1170. The van der Waals surface area contributed by atoms with Crippen molar-refractivity contribution in [3.05, 3.63) is 96.4 Å². The van der Waals surface area contributed by atoms with Crippen LogP contribution in [-0.4, -0.2) is 32.6 Å². The van der Waals surface area contributed by atoms with Crippen LogP contribution >= 0.6 is 0 Å². The van der Waals surface area contributed by atoms with Crippen LogP contribution in [0.5, 0.6) is 0 Å². The van der Waals surface area contributed by atoms with Crippen molar-refractivity contribution in [1.29, 1.82) is 0 Å². The number of rotatable bonds is 3. The van der Waals surface area contributed by atoms with E-state index in [4.69, 9.17) is 5.10 Å².